The molecule has 1 amide bonds. The van der Waals surface area contributed by atoms with Gasteiger partial charge in [0, 0.05) is 6.20 Å². The maximum atomic E-state index is 13.3. The highest BCUT2D eigenvalue weighted by Crippen LogP contribution is 2.20. The fourth-order valence-corrected chi connectivity index (χ4v) is 2.25. The van der Waals surface area contributed by atoms with Crippen molar-refractivity contribution in [2.45, 2.75) is 11.1 Å². The molecule has 0 bridgehead atoms. The van der Waals surface area contributed by atoms with Gasteiger partial charge in [-0.2, -0.15) is 0 Å². The molecular formula is C15H13F3N2O2S. The van der Waals surface area contributed by atoms with Gasteiger partial charge in [-0.25, -0.2) is 18.2 Å². The molecule has 2 N–H and O–H groups in total. The number of halogens is 3. The van der Waals surface area contributed by atoms with E-state index in [2.05, 4.69) is 10.3 Å². The largest absolute Gasteiger partial charge is 0.394 e. The first-order chi connectivity index (χ1) is 11.0. The Morgan fingerprint density at radius 1 is 1.30 bits per heavy atom. The third kappa shape index (κ3) is 4.02. The minimum Gasteiger partial charge on any atom is -0.394 e. The zero-order valence-electron chi connectivity index (χ0n) is 12.0. The lowest BCUT2D eigenvalue weighted by molar-refractivity contribution is 0.0915. The Hall–Kier alpha value is -2.06. The molecule has 2 aromatic rings. The van der Waals surface area contributed by atoms with Crippen molar-refractivity contribution in [3.05, 3.63) is 59.0 Å². The number of nitrogens with one attached hydrogen (secondary N) is 1. The number of pyridine rings is 1. The highest BCUT2D eigenvalue weighted by Gasteiger charge is 2.19. The zero-order valence-corrected chi connectivity index (χ0v) is 12.8. The van der Waals surface area contributed by atoms with E-state index in [-0.39, 0.29) is 11.1 Å². The van der Waals surface area contributed by atoms with Gasteiger partial charge in [0.05, 0.1) is 23.2 Å². The Labute approximate surface area is 134 Å². The highest BCUT2D eigenvalue weighted by molar-refractivity contribution is 7.98. The highest BCUT2D eigenvalue weighted by atomic mass is 32.2. The first-order valence-corrected chi connectivity index (χ1v) is 7.75. The van der Waals surface area contributed by atoms with Crippen LogP contribution in [0.4, 0.5) is 13.2 Å². The van der Waals surface area contributed by atoms with Gasteiger partial charge in [0.1, 0.15) is 0 Å². The summed E-state index contributed by atoms with van der Waals surface area (Å²) >= 11 is 1.41. The molecule has 2 rings (SSSR count). The van der Waals surface area contributed by atoms with E-state index < -0.39 is 36.0 Å². The number of hydrogen-bond donors (Lipinski definition) is 2. The fraction of sp³-hybridized carbons (Fsp3) is 0.200. The smallest absolute Gasteiger partial charge is 0.253 e. The number of carbonyl (C=O) groups excluding carboxylic acids is 1. The van der Waals surface area contributed by atoms with E-state index >= 15 is 0 Å². The number of aromatic nitrogens is 1. The maximum Gasteiger partial charge on any atom is 0.253 e. The van der Waals surface area contributed by atoms with Gasteiger partial charge >= 0.3 is 0 Å². The molecule has 0 aliphatic heterocycles. The number of carbonyl (C=O) groups is 1. The van der Waals surface area contributed by atoms with E-state index in [0.29, 0.717) is 0 Å². The Bertz CT molecular complexity index is 687. The van der Waals surface area contributed by atoms with E-state index in [1.807, 2.05) is 6.26 Å². The number of benzene rings is 1. The number of amides is 1. The second-order valence-electron chi connectivity index (χ2n) is 4.60. The summed E-state index contributed by atoms with van der Waals surface area (Å²) in [5.74, 6) is -4.96. The van der Waals surface area contributed by atoms with Gasteiger partial charge in [0.25, 0.3) is 5.91 Å². The van der Waals surface area contributed by atoms with Crippen molar-refractivity contribution in [3.8, 4) is 0 Å². The van der Waals surface area contributed by atoms with E-state index in [1.54, 1.807) is 6.07 Å². The quantitative estimate of drug-likeness (QED) is 0.648. The van der Waals surface area contributed by atoms with Crippen molar-refractivity contribution in [1.82, 2.24) is 10.3 Å². The zero-order chi connectivity index (χ0) is 17.0. The minimum absolute atomic E-state index is 0.0778. The van der Waals surface area contributed by atoms with Crippen LogP contribution in [0.25, 0.3) is 0 Å². The molecule has 0 spiro atoms. The van der Waals surface area contributed by atoms with E-state index in [4.69, 9.17) is 0 Å². The molecule has 1 heterocycles. The molecule has 122 valence electrons. The summed E-state index contributed by atoms with van der Waals surface area (Å²) in [6.07, 6.45) is 3.18. The third-order valence-corrected chi connectivity index (χ3v) is 3.76. The monoisotopic (exact) mass is 342 g/mol. The lowest BCUT2D eigenvalue weighted by atomic mass is 10.1. The summed E-state index contributed by atoms with van der Waals surface area (Å²) in [6, 6.07) is 3.56. The third-order valence-electron chi connectivity index (χ3n) is 3.10. The molecular weight excluding hydrogens is 329 g/mol. The van der Waals surface area contributed by atoms with Crippen LogP contribution in [0.3, 0.4) is 0 Å². The Balaban J connectivity index is 2.19. The summed E-state index contributed by atoms with van der Waals surface area (Å²) in [5.41, 5.74) is 0.148. The predicted octanol–water partition coefficient (Wildman–Crippen LogP) is 2.68. The van der Waals surface area contributed by atoms with Crippen LogP contribution in [0.15, 0.2) is 35.5 Å². The van der Waals surface area contributed by atoms with Crippen molar-refractivity contribution in [3.63, 3.8) is 0 Å². The number of thioether (sulfide) groups is 1. The van der Waals surface area contributed by atoms with Crippen LogP contribution >= 0.6 is 11.8 Å². The molecule has 0 aliphatic carbocycles. The molecule has 1 atom stereocenters. The fourth-order valence-electron chi connectivity index (χ4n) is 1.89. The van der Waals surface area contributed by atoms with Crippen molar-refractivity contribution in [1.29, 1.82) is 0 Å². The van der Waals surface area contributed by atoms with Crippen molar-refractivity contribution >= 4 is 17.7 Å². The van der Waals surface area contributed by atoms with Crippen molar-refractivity contribution < 1.29 is 23.1 Å². The molecule has 0 saturated heterocycles. The molecule has 8 heteroatoms. The van der Waals surface area contributed by atoms with Crippen LogP contribution in [-0.2, 0) is 0 Å². The van der Waals surface area contributed by atoms with E-state index in [9.17, 15) is 23.1 Å². The first-order valence-electron chi connectivity index (χ1n) is 6.52. The molecule has 1 unspecified atom stereocenters. The summed E-state index contributed by atoms with van der Waals surface area (Å²) in [4.78, 5) is 16.1. The summed E-state index contributed by atoms with van der Waals surface area (Å²) in [5, 5.41) is 12.5. The molecule has 1 aromatic heterocycles. The Kier molecular flexibility index (Phi) is 5.62. The average molecular weight is 342 g/mol. The molecule has 1 aromatic carbocycles. The average Bonchev–Trinajstić information content (AvgIpc) is 2.57. The summed E-state index contributed by atoms with van der Waals surface area (Å²) < 4.78 is 39.5. The van der Waals surface area contributed by atoms with Crippen LogP contribution < -0.4 is 5.32 Å². The van der Waals surface area contributed by atoms with Gasteiger partial charge in [-0.1, -0.05) is 0 Å². The standard InChI is InChI=1S/C15H13F3N2O2S/c1-23-13-3-2-8(6-19-13)15(22)20-12(7-21)9-4-10(16)14(18)11(17)5-9/h2-6,12,21H,7H2,1H3,(H,20,22). The van der Waals surface area contributed by atoms with Crippen LogP contribution in [0.1, 0.15) is 22.0 Å². The lowest BCUT2D eigenvalue weighted by Crippen LogP contribution is -2.31. The van der Waals surface area contributed by atoms with Crippen LogP contribution in [0.2, 0.25) is 0 Å². The maximum absolute atomic E-state index is 13.3. The van der Waals surface area contributed by atoms with Gasteiger partial charge in [0.15, 0.2) is 17.5 Å². The van der Waals surface area contributed by atoms with Gasteiger partial charge in [0.2, 0.25) is 0 Å². The SMILES string of the molecule is CSc1ccc(C(=O)NC(CO)c2cc(F)c(F)c(F)c2)cn1. The molecule has 0 saturated carbocycles. The number of nitrogens with zero attached hydrogens (tertiary/aromatic N) is 1. The number of rotatable bonds is 5. The number of hydrogen-bond acceptors (Lipinski definition) is 4. The molecule has 0 aliphatic rings. The normalized spacial score (nSPS) is 12.0. The van der Waals surface area contributed by atoms with Gasteiger partial charge < -0.3 is 10.4 Å². The molecule has 4 nitrogen and oxygen atoms in total. The van der Waals surface area contributed by atoms with Crippen LogP contribution in [0, 0.1) is 17.5 Å². The van der Waals surface area contributed by atoms with E-state index in [0.717, 1.165) is 17.2 Å². The van der Waals surface area contributed by atoms with Crippen molar-refractivity contribution in [2.75, 3.05) is 12.9 Å². The van der Waals surface area contributed by atoms with Gasteiger partial charge in [-0.05, 0) is 36.1 Å². The molecule has 23 heavy (non-hydrogen) atoms. The van der Waals surface area contributed by atoms with Crippen LogP contribution in [-0.4, -0.2) is 28.9 Å². The summed E-state index contributed by atoms with van der Waals surface area (Å²) in [7, 11) is 0. The van der Waals surface area contributed by atoms with Gasteiger partial charge in [-0.3, -0.25) is 4.79 Å². The van der Waals surface area contributed by atoms with Crippen molar-refractivity contribution in [2.24, 2.45) is 0 Å². The number of aliphatic hydroxyl groups excluding tert-OH is 1. The predicted molar refractivity (Wildman–Crippen MR) is 79.6 cm³/mol. The molecule has 0 radical (unpaired) electrons. The Morgan fingerprint density at radius 3 is 2.43 bits per heavy atom. The summed E-state index contributed by atoms with van der Waals surface area (Å²) in [6.45, 7) is -0.605. The lowest BCUT2D eigenvalue weighted by Gasteiger charge is -2.17. The van der Waals surface area contributed by atoms with E-state index in [1.165, 1.54) is 24.0 Å². The second-order valence-corrected chi connectivity index (χ2v) is 5.42. The number of aliphatic hydroxyl groups is 1. The molecule has 0 fully saturated rings. The first kappa shape index (κ1) is 17.3. The minimum atomic E-state index is -1.60. The van der Waals surface area contributed by atoms with Gasteiger partial charge in [-0.15, -0.1) is 11.8 Å². The van der Waals surface area contributed by atoms with Crippen LogP contribution in [0.5, 0.6) is 0 Å². The Morgan fingerprint density at radius 2 is 1.96 bits per heavy atom. The topological polar surface area (TPSA) is 62.2 Å². The second kappa shape index (κ2) is 7.47.